The van der Waals surface area contributed by atoms with Gasteiger partial charge in [0.25, 0.3) is 5.69 Å². The number of aromatic nitrogens is 1. The van der Waals surface area contributed by atoms with Gasteiger partial charge in [-0.25, -0.2) is 9.67 Å². The first kappa shape index (κ1) is 21.6. The first-order valence-electron chi connectivity index (χ1n) is 10.5. The molecule has 1 aliphatic heterocycles. The Hall–Kier alpha value is -4.24. The first-order valence-corrected chi connectivity index (χ1v) is 11.4. The molecule has 0 amide bonds. The fraction of sp³-hybridized carbons (Fsp3) is 0.120. The van der Waals surface area contributed by atoms with Crippen molar-refractivity contribution in [2.24, 2.45) is 10.1 Å². The minimum atomic E-state index is -0.413. The molecule has 0 aliphatic carbocycles. The van der Waals surface area contributed by atoms with Gasteiger partial charge in [0.1, 0.15) is 0 Å². The van der Waals surface area contributed by atoms with Gasteiger partial charge < -0.3 is 9.47 Å². The molecule has 0 N–H and O–H groups in total. The van der Waals surface area contributed by atoms with Gasteiger partial charge in [0.05, 0.1) is 22.5 Å². The number of non-ortho nitro benzene ring substituents is 1. The van der Waals surface area contributed by atoms with Gasteiger partial charge in [-0.05, 0) is 61.4 Å². The molecule has 0 bridgehead atoms. The number of benzene rings is 3. The number of fused-ring (bicyclic) bond motifs is 1. The molecule has 5 rings (SSSR count). The number of hydrogen-bond donors (Lipinski definition) is 0. The molecule has 8 nitrogen and oxygen atoms in total. The van der Waals surface area contributed by atoms with E-state index in [1.165, 1.54) is 29.0 Å². The van der Waals surface area contributed by atoms with Crippen LogP contribution in [-0.2, 0) is 0 Å². The summed E-state index contributed by atoms with van der Waals surface area (Å²) in [5.74, 6) is 1.38. The van der Waals surface area contributed by atoms with Crippen molar-refractivity contribution in [3.8, 4) is 22.8 Å². The Bertz CT molecular complexity index is 1490. The van der Waals surface area contributed by atoms with Gasteiger partial charge in [-0.2, -0.15) is 5.10 Å². The third-order valence-corrected chi connectivity index (χ3v) is 6.16. The zero-order valence-electron chi connectivity index (χ0n) is 18.5. The van der Waals surface area contributed by atoms with E-state index >= 15 is 0 Å². The van der Waals surface area contributed by atoms with Gasteiger partial charge in [0.15, 0.2) is 11.5 Å². The van der Waals surface area contributed by atoms with Crippen LogP contribution in [0.3, 0.4) is 0 Å². The van der Waals surface area contributed by atoms with E-state index in [4.69, 9.17) is 19.6 Å². The van der Waals surface area contributed by atoms with Gasteiger partial charge in [-0.3, -0.25) is 10.1 Å². The average molecular weight is 473 g/mol. The van der Waals surface area contributed by atoms with Crippen LogP contribution < -0.4 is 14.3 Å². The van der Waals surface area contributed by atoms with Crippen molar-refractivity contribution in [3.63, 3.8) is 0 Å². The molecule has 0 atom stereocenters. The maximum Gasteiger partial charge on any atom is 0.269 e. The Labute approximate surface area is 199 Å². The Kier molecular flexibility index (Phi) is 5.69. The summed E-state index contributed by atoms with van der Waals surface area (Å²) >= 11 is 1.45. The van der Waals surface area contributed by atoms with Crippen molar-refractivity contribution in [3.05, 3.63) is 97.6 Å². The molecular formula is C25H20N4O4S. The summed E-state index contributed by atoms with van der Waals surface area (Å²) in [7, 11) is 0. The first-order chi connectivity index (χ1) is 16.5. The van der Waals surface area contributed by atoms with Crippen molar-refractivity contribution in [2.75, 3.05) is 6.79 Å². The van der Waals surface area contributed by atoms with Crippen molar-refractivity contribution in [2.45, 2.75) is 13.8 Å². The lowest BCUT2D eigenvalue weighted by Gasteiger charge is -2.05. The molecule has 34 heavy (non-hydrogen) atoms. The van der Waals surface area contributed by atoms with Crippen LogP contribution in [0.25, 0.3) is 11.3 Å². The average Bonchev–Trinajstić information content (AvgIpc) is 3.46. The van der Waals surface area contributed by atoms with Gasteiger partial charge >= 0.3 is 0 Å². The maximum atomic E-state index is 11.1. The van der Waals surface area contributed by atoms with Crippen LogP contribution in [0.5, 0.6) is 11.5 Å². The van der Waals surface area contributed by atoms with Crippen LogP contribution in [0.1, 0.15) is 16.7 Å². The van der Waals surface area contributed by atoms with E-state index in [1.54, 1.807) is 23.0 Å². The standard InChI is InChI=1S/C25H20N4O4S/c1-16-3-9-21(17(2)11-16)27-25-28(26-13-18-4-10-23-24(12-18)33-15-32-23)22(14-34-25)19-5-7-20(8-6-19)29(30)31/h3-14H,15H2,1-2H3. The predicted molar refractivity (Wildman–Crippen MR) is 131 cm³/mol. The van der Waals surface area contributed by atoms with Crippen LogP contribution in [0.4, 0.5) is 11.4 Å². The van der Waals surface area contributed by atoms with E-state index in [2.05, 4.69) is 6.07 Å². The molecule has 0 fully saturated rings. The smallest absolute Gasteiger partial charge is 0.269 e. The fourth-order valence-electron chi connectivity index (χ4n) is 3.59. The molecule has 0 saturated carbocycles. The monoisotopic (exact) mass is 472 g/mol. The predicted octanol–water partition coefficient (Wildman–Crippen LogP) is 5.58. The summed E-state index contributed by atoms with van der Waals surface area (Å²) < 4.78 is 12.6. The molecule has 1 aliphatic rings. The highest BCUT2D eigenvalue weighted by molar-refractivity contribution is 7.07. The van der Waals surface area contributed by atoms with E-state index in [1.807, 2.05) is 49.6 Å². The second-order valence-electron chi connectivity index (χ2n) is 7.78. The number of rotatable bonds is 5. The number of hydrogen-bond acceptors (Lipinski definition) is 7. The summed E-state index contributed by atoms with van der Waals surface area (Å²) in [5.41, 5.74) is 5.55. The van der Waals surface area contributed by atoms with Crippen LogP contribution in [0, 0.1) is 24.0 Å². The summed E-state index contributed by atoms with van der Waals surface area (Å²) in [4.78, 5) is 16.2. The van der Waals surface area contributed by atoms with E-state index in [9.17, 15) is 10.1 Å². The highest BCUT2D eigenvalue weighted by atomic mass is 32.1. The molecule has 0 spiro atoms. The lowest BCUT2D eigenvalue weighted by molar-refractivity contribution is -0.384. The zero-order valence-corrected chi connectivity index (χ0v) is 19.3. The summed E-state index contributed by atoms with van der Waals surface area (Å²) in [5, 5.41) is 17.7. The molecule has 1 aromatic heterocycles. The normalized spacial score (nSPS) is 13.1. The van der Waals surface area contributed by atoms with Crippen molar-refractivity contribution < 1.29 is 14.4 Å². The molecule has 3 aromatic carbocycles. The zero-order chi connectivity index (χ0) is 23.7. The van der Waals surface area contributed by atoms with Crippen molar-refractivity contribution in [1.82, 2.24) is 4.68 Å². The van der Waals surface area contributed by atoms with Gasteiger partial charge in [-0.1, -0.05) is 17.7 Å². The molecule has 0 unspecified atom stereocenters. The Balaban J connectivity index is 1.61. The molecule has 9 heteroatoms. The minimum Gasteiger partial charge on any atom is -0.454 e. The van der Waals surface area contributed by atoms with E-state index in [-0.39, 0.29) is 12.5 Å². The topological polar surface area (TPSA) is 91.2 Å². The molecular weight excluding hydrogens is 452 g/mol. The third-order valence-electron chi connectivity index (χ3n) is 5.35. The Morgan fingerprint density at radius 3 is 2.59 bits per heavy atom. The van der Waals surface area contributed by atoms with Crippen molar-refractivity contribution >= 4 is 28.9 Å². The van der Waals surface area contributed by atoms with Crippen LogP contribution in [0.15, 0.2) is 76.1 Å². The quantitative estimate of drug-likeness (QED) is 0.215. The molecule has 4 aromatic rings. The summed E-state index contributed by atoms with van der Waals surface area (Å²) in [6.45, 7) is 4.28. The molecule has 0 radical (unpaired) electrons. The molecule has 2 heterocycles. The second-order valence-corrected chi connectivity index (χ2v) is 8.61. The SMILES string of the molecule is Cc1ccc(N=c2scc(-c3ccc([N+](=O)[O-])cc3)n2N=Cc2ccc3c(c2)OCO3)c(C)c1. The van der Waals surface area contributed by atoms with Gasteiger partial charge in [0, 0.05) is 23.1 Å². The molecule has 170 valence electrons. The van der Waals surface area contributed by atoms with Crippen molar-refractivity contribution in [1.29, 1.82) is 0 Å². The Morgan fingerprint density at radius 1 is 1.03 bits per heavy atom. The van der Waals surface area contributed by atoms with Crippen LogP contribution >= 0.6 is 11.3 Å². The van der Waals surface area contributed by atoms with E-state index in [0.29, 0.717) is 16.3 Å². The van der Waals surface area contributed by atoms with Crippen LogP contribution in [0.2, 0.25) is 0 Å². The highest BCUT2D eigenvalue weighted by Gasteiger charge is 2.14. The number of nitro groups is 1. The second kappa shape index (κ2) is 8.95. The van der Waals surface area contributed by atoms with E-state index < -0.39 is 4.92 Å². The minimum absolute atomic E-state index is 0.0366. The number of aryl methyl sites for hydroxylation is 2. The van der Waals surface area contributed by atoms with Crippen LogP contribution in [-0.4, -0.2) is 22.6 Å². The number of nitro benzene ring substituents is 1. The van der Waals surface area contributed by atoms with E-state index in [0.717, 1.165) is 28.1 Å². The number of thiazole rings is 1. The number of ether oxygens (including phenoxy) is 2. The lowest BCUT2D eigenvalue weighted by Crippen LogP contribution is -2.11. The fourth-order valence-corrected chi connectivity index (χ4v) is 4.44. The van der Waals surface area contributed by atoms with Gasteiger partial charge in [0.2, 0.25) is 11.6 Å². The maximum absolute atomic E-state index is 11.1. The van der Waals surface area contributed by atoms with Gasteiger partial charge in [-0.15, -0.1) is 11.3 Å². The summed E-state index contributed by atoms with van der Waals surface area (Å²) in [6, 6.07) is 18.1. The number of nitrogens with zero attached hydrogens (tertiary/aromatic N) is 4. The third kappa shape index (κ3) is 4.33. The molecule has 0 saturated heterocycles. The summed E-state index contributed by atoms with van der Waals surface area (Å²) in [6.07, 6.45) is 1.73. The largest absolute Gasteiger partial charge is 0.454 e. The Morgan fingerprint density at radius 2 is 1.82 bits per heavy atom. The lowest BCUT2D eigenvalue weighted by atomic mass is 10.1. The highest BCUT2D eigenvalue weighted by Crippen LogP contribution is 2.32.